The van der Waals surface area contributed by atoms with Gasteiger partial charge in [0.15, 0.2) is 0 Å². The van der Waals surface area contributed by atoms with Gasteiger partial charge in [-0.05, 0) is 48.3 Å². The Morgan fingerprint density at radius 1 is 1.38 bits per heavy atom. The van der Waals surface area contributed by atoms with E-state index < -0.39 is 0 Å². The zero-order chi connectivity index (χ0) is 15.8. The highest BCUT2D eigenvalue weighted by Gasteiger charge is 2.17. The molecule has 1 atom stereocenters. The molecule has 0 aromatic carbocycles. The first-order valence-corrected chi connectivity index (χ1v) is 8.39. The molecule has 0 bridgehead atoms. The number of rotatable bonds is 9. The number of anilines is 1. The average Bonchev–Trinajstić information content (AvgIpc) is 2.41. The molecule has 4 nitrogen and oxygen atoms in total. The Morgan fingerprint density at radius 3 is 2.67 bits per heavy atom. The second kappa shape index (κ2) is 9.38. The third kappa shape index (κ3) is 5.93. The summed E-state index contributed by atoms with van der Waals surface area (Å²) in [5, 5.41) is 3.50. The van der Waals surface area contributed by atoms with E-state index in [4.69, 9.17) is 4.74 Å². The van der Waals surface area contributed by atoms with E-state index in [9.17, 15) is 0 Å². The molecule has 0 aliphatic rings. The molecule has 1 rings (SSSR count). The topological polar surface area (TPSA) is 37.4 Å². The first kappa shape index (κ1) is 18.4. The van der Waals surface area contributed by atoms with Crippen LogP contribution >= 0.6 is 15.9 Å². The first-order chi connectivity index (χ1) is 9.99. The van der Waals surface area contributed by atoms with Crippen molar-refractivity contribution in [1.29, 1.82) is 0 Å². The number of methoxy groups -OCH3 is 1. The molecule has 1 N–H and O–H groups in total. The fourth-order valence-corrected chi connectivity index (χ4v) is 2.74. The highest BCUT2D eigenvalue weighted by Crippen LogP contribution is 2.23. The van der Waals surface area contributed by atoms with Gasteiger partial charge < -0.3 is 15.0 Å². The van der Waals surface area contributed by atoms with E-state index in [0.717, 1.165) is 29.9 Å². The molecule has 0 radical (unpaired) electrons. The molecule has 1 unspecified atom stereocenters. The van der Waals surface area contributed by atoms with Crippen molar-refractivity contribution in [2.24, 2.45) is 5.92 Å². The normalized spacial score (nSPS) is 12.7. The maximum Gasteiger partial charge on any atom is 0.133 e. The lowest BCUT2D eigenvalue weighted by Crippen LogP contribution is -2.37. The van der Waals surface area contributed by atoms with E-state index in [0.29, 0.717) is 18.6 Å². The van der Waals surface area contributed by atoms with E-state index in [2.05, 4.69) is 64.9 Å². The van der Waals surface area contributed by atoms with Gasteiger partial charge in [0, 0.05) is 36.4 Å². The SMILES string of the molecule is CCN(c1ncc(Br)cc1CNCC(C)C)C(C)COC. The number of nitrogens with one attached hydrogen (secondary N) is 1. The van der Waals surface area contributed by atoms with Gasteiger partial charge in [0.2, 0.25) is 0 Å². The van der Waals surface area contributed by atoms with Gasteiger partial charge in [-0.1, -0.05) is 13.8 Å². The summed E-state index contributed by atoms with van der Waals surface area (Å²) in [7, 11) is 1.74. The molecular formula is C16H28BrN3O. The zero-order valence-electron chi connectivity index (χ0n) is 13.8. The van der Waals surface area contributed by atoms with Crippen LogP contribution in [0.15, 0.2) is 16.7 Å². The third-order valence-electron chi connectivity index (χ3n) is 3.33. The highest BCUT2D eigenvalue weighted by molar-refractivity contribution is 9.10. The van der Waals surface area contributed by atoms with Gasteiger partial charge in [0.25, 0.3) is 0 Å². The van der Waals surface area contributed by atoms with Crippen LogP contribution in [0, 0.1) is 5.92 Å². The van der Waals surface area contributed by atoms with E-state index in [1.165, 1.54) is 5.56 Å². The summed E-state index contributed by atoms with van der Waals surface area (Å²) in [6.07, 6.45) is 1.86. The Balaban J connectivity index is 2.92. The number of aromatic nitrogens is 1. The highest BCUT2D eigenvalue weighted by atomic mass is 79.9. The standard InChI is InChI=1S/C16H28BrN3O/c1-6-20(13(4)11-21-5)16-14(7-15(17)10-19-16)9-18-8-12(2)3/h7,10,12-13,18H,6,8-9,11H2,1-5H3. The molecule has 5 heteroatoms. The van der Waals surface area contributed by atoms with Gasteiger partial charge in [-0.3, -0.25) is 0 Å². The first-order valence-electron chi connectivity index (χ1n) is 7.60. The van der Waals surface area contributed by atoms with Gasteiger partial charge in [-0.2, -0.15) is 0 Å². The van der Waals surface area contributed by atoms with Crippen molar-refractivity contribution in [1.82, 2.24) is 10.3 Å². The second-order valence-corrected chi connectivity index (χ2v) is 6.67. The predicted octanol–water partition coefficient (Wildman–Crippen LogP) is 3.45. The number of pyridine rings is 1. The van der Waals surface area contributed by atoms with Gasteiger partial charge in [0.05, 0.1) is 12.6 Å². The van der Waals surface area contributed by atoms with E-state index in [1.807, 2.05) is 6.20 Å². The van der Waals surface area contributed by atoms with Gasteiger partial charge in [0.1, 0.15) is 5.82 Å². The Kier molecular flexibility index (Phi) is 8.22. The number of hydrogen-bond donors (Lipinski definition) is 1. The van der Waals surface area contributed by atoms with Gasteiger partial charge >= 0.3 is 0 Å². The number of halogens is 1. The average molecular weight is 358 g/mol. The maximum atomic E-state index is 5.29. The Bertz CT molecular complexity index is 426. The van der Waals surface area contributed by atoms with Crippen LogP contribution in [0.2, 0.25) is 0 Å². The summed E-state index contributed by atoms with van der Waals surface area (Å²) in [5.74, 6) is 1.68. The smallest absolute Gasteiger partial charge is 0.133 e. The van der Waals surface area contributed by atoms with Crippen molar-refractivity contribution in [2.75, 3.05) is 31.7 Å². The molecule has 1 heterocycles. The van der Waals surface area contributed by atoms with Crippen LogP contribution in [0.5, 0.6) is 0 Å². The molecule has 21 heavy (non-hydrogen) atoms. The Morgan fingerprint density at radius 2 is 2.10 bits per heavy atom. The lowest BCUT2D eigenvalue weighted by Gasteiger charge is -2.30. The van der Waals surface area contributed by atoms with Crippen LogP contribution in [-0.2, 0) is 11.3 Å². The molecule has 0 fully saturated rings. The Labute approximate surface area is 137 Å². The predicted molar refractivity (Wildman–Crippen MR) is 92.8 cm³/mol. The number of likely N-dealkylation sites (N-methyl/N-ethyl adjacent to an activating group) is 1. The summed E-state index contributed by atoms with van der Waals surface area (Å²) in [5.41, 5.74) is 1.22. The summed E-state index contributed by atoms with van der Waals surface area (Å²) < 4.78 is 6.31. The summed E-state index contributed by atoms with van der Waals surface area (Å²) in [6, 6.07) is 2.45. The summed E-state index contributed by atoms with van der Waals surface area (Å²) in [6.45, 7) is 12.2. The number of nitrogens with zero attached hydrogens (tertiary/aromatic N) is 2. The number of hydrogen-bond acceptors (Lipinski definition) is 4. The molecule has 0 saturated heterocycles. The Hall–Kier alpha value is -0.650. The largest absolute Gasteiger partial charge is 0.383 e. The van der Waals surface area contributed by atoms with Gasteiger partial charge in [-0.25, -0.2) is 4.98 Å². The van der Waals surface area contributed by atoms with Crippen molar-refractivity contribution in [3.63, 3.8) is 0 Å². The van der Waals surface area contributed by atoms with Crippen molar-refractivity contribution >= 4 is 21.7 Å². The van der Waals surface area contributed by atoms with E-state index in [1.54, 1.807) is 7.11 Å². The lowest BCUT2D eigenvalue weighted by atomic mass is 10.2. The van der Waals surface area contributed by atoms with Crippen LogP contribution < -0.4 is 10.2 Å². The molecule has 0 saturated carbocycles. The van der Waals surface area contributed by atoms with Crippen molar-refractivity contribution in [3.8, 4) is 0 Å². The second-order valence-electron chi connectivity index (χ2n) is 5.75. The van der Waals surface area contributed by atoms with Crippen LogP contribution in [0.3, 0.4) is 0 Å². The lowest BCUT2D eigenvalue weighted by molar-refractivity contribution is 0.181. The van der Waals surface area contributed by atoms with Crippen molar-refractivity contribution in [3.05, 3.63) is 22.3 Å². The molecule has 0 spiro atoms. The molecule has 0 aliphatic heterocycles. The molecule has 0 aliphatic carbocycles. The molecule has 120 valence electrons. The van der Waals surface area contributed by atoms with Crippen LogP contribution in [0.1, 0.15) is 33.3 Å². The van der Waals surface area contributed by atoms with Crippen molar-refractivity contribution in [2.45, 2.75) is 40.3 Å². The van der Waals surface area contributed by atoms with Crippen LogP contribution in [0.4, 0.5) is 5.82 Å². The fourth-order valence-electron chi connectivity index (χ4n) is 2.36. The maximum absolute atomic E-state index is 5.29. The summed E-state index contributed by atoms with van der Waals surface area (Å²) in [4.78, 5) is 6.93. The molecule has 0 amide bonds. The summed E-state index contributed by atoms with van der Waals surface area (Å²) >= 11 is 3.52. The van der Waals surface area contributed by atoms with Crippen LogP contribution in [0.25, 0.3) is 0 Å². The van der Waals surface area contributed by atoms with Crippen LogP contribution in [-0.4, -0.2) is 37.8 Å². The fraction of sp³-hybridized carbons (Fsp3) is 0.688. The minimum absolute atomic E-state index is 0.303. The minimum Gasteiger partial charge on any atom is -0.383 e. The molecular weight excluding hydrogens is 330 g/mol. The number of ether oxygens (including phenoxy) is 1. The zero-order valence-corrected chi connectivity index (χ0v) is 15.4. The van der Waals surface area contributed by atoms with Crippen molar-refractivity contribution < 1.29 is 4.74 Å². The monoisotopic (exact) mass is 357 g/mol. The quantitative estimate of drug-likeness (QED) is 0.734. The third-order valence-corrected chi connectivity index (χ3v) is 3.76. The van der Waals surface area contributed by atoms with Gasteiger partial charge in [-0.15, -0.1) is 0 Å². The minimum atomic E-state index is 0.303. The molecule has 1 aromatic rings. The molecule has 1 aromatic heterocycles. The van der Waals surface area contributed by atoms with E-state index >= 15 is 0 Å². The van der Waals surface area contributed by atoms with E-state index in [-0.39, 0.29) is 0 Å².